The van der Waals surface area contributed by atoms with Crippen molar-refractivity contribution in [3.05, 3.63) is 33.9 Å². The smallest absolute Gasteiger partial charge is 0.382 e. The van der Waals surface area contributed by atoms with E-state index in [1.54, 1.807) is 0 Å². The SMILES string of the molecule is O=CNCC1CCC(Nc2ccc([N+](=O)[O-])c(C(F)(F)F)c2)CC1. The van der Waals surface area contributed by atoms with Crippen LogP contribution in [0.2, 0.25) is 0 Å². The molecule has 0 aromatic heterocycles. The molecule has 1 fully saturated rings. The number of benzene rings is 1. The second kappa shape index (κ2) is 7.50. The van der Waals surface area contributed by atoms with Crippen LogP contribution in [0.15, 0.2) is 18.2 Å². The molecule has 2 rings (SSSR count). The van der Waals surface area contributed by atoms with E-state index in [0.717, 1.165) is 37.8 Å². The Morgan fingerprint density at radius 2 is 1.92 bits per heavy atom. The van der Waals surface area contributed by atoms with E-state index in [1.807, 2.05) is 0 Å². The molecule has 0 saturated heterocycles. The van der Waals surface area contributed by atoms with Crippen LogP contribution in [0, 0.1) is 16.0 Å². The summed E-state index contributed by atoms with van der Waals surface area (Å²) in [5, 5.41) is 16.4. The van der Waals surface area contributed by atoms with Gasteiger partial charge in [0.05, 0.1) is 4.92 Å². The number of nitro benzene ring substituents is 1. The molecule has 0 aliphatic heterocycles. The van der Waals surface area contributed by atoms with E-state index in [-0.39, 0.29) is 11.7 Å². The Morgan fingerprint density at radius 1 is 1.25 bits per heavy atom. The van der Waals surface area contributed by atoms with Gasteiger partial charge in [-0.1, -0.05) is 0 Å². The van der Waals surface area contributed by atoms with E-state index < -0.39 is 22.4 Å². The zero-order valence-electron chi connectivity index (χ0n) is 12.8. The van der Waals surface area contributed by atoms with Crippen molar-refractivity contribution in [1.82, 2.24) is 5.32 Å². The highest BCUT2D eigenvalue weighted by molar-refractivity contribution is 5.55. The van der Waals surface area contributed by atoms with Crippen LogP contribution in [-0.4, -0.2) is 23.9 Å². The molecule has 24 heavy (non-hydrogen) atoms. The van der Waals surface area contributed by atoms with E-state index in [4.69, 9.17) is 0 Å². The maximum absolute atomic E-state index is 13.0. The zero-order valence-corrected chi connectivity index (χ0v) is 12.8. The predicted octanol–water partition coefficient (Wildman–Crippen LogP) is 3.33. The minimum atomic E-state index is -4.78. The second-order valence-corrected chi connectivity index (χ2v) is 5.87. The number of halogens is 3. The fraction of sp³-hybridized carbons (Fsp3) is 0.533. The Kier molecular flexibility index (Phi) is 5.63. The molecule has 1 saturated carbocycles. The number of nitrogens with one attached hydrogen (secondary N) is 2. The van der Waals surface area contributed by atoms with Crippen molar-refractivity contribution in [2.45, 2.75) is 37.9 Å². The average Bonchev–Trinajstić information content (AvgIpc) is 2.53. The van der Waals surface area contributed by atoms with Crippen molar-refractivity contribution in [2.75, 3.05) is 11.9 Å². The van der Waals surface area contributed by atoms with Gasteiger partial charge in [-0.15, -0.1) is 0 Å². The molecular weight excluding hydrogens is 327 g/mol. The first kappa shape index (κ1) is 18.0. The number of carbonyl (C=O) groups is 1. The molecule has 0 heterocycles. The summed E-state index contributed by atoms with van der Waals surface area (Å²) in [5.41, 5.74) is -1.97. The molecule has 1 aliphatic carbocycles. The summed E-state index contributed by atoms with van der Waals surface area (Å²) in [5.74, 6) is 0.371. The molecule has 1 aromatic rings. The molecule has 1 aromatic carbocycles. The number of alkyl halides is 3. The molecule has 1 aliphatic rings. The molecule has 1 amide bonds. The summed E-state index contributed by atoms with van der Waals surface area (Å²) in [6.45, 7) is 0.603. The van der Waals surface area contributed by atoms with Crippen LogP contribution < -0.4 is 10.6 Å². The maximum atomic E-state index is 13.0. The number of anilines is 1. The summed E-state index contributed by atoms with van der Waals surface area (Å²) < 4.78 is 38.9. The van der Waals surface area contributed by atoms with Gasteiger partial charge in [0.1, 0.15) is 5.56 Å². The first-order valence-electron chi connectivity index (χ1n) is 7.60. The Bertz CT molecular complexity index is 599. The number of carbonyl (C=O) groups excluding carboxylic acids is 1. The van der Waals surface area contributed by atoms with Gasteiger partial charge in [-0.05, 0) is 43.7 Å². The highest BCUT2D eigenvalue weighted by atomic mass is 19.4. The Hall–Kier alpha value is -2.32. The number of rotatable bonds is 6. The van der Waals surface area contributed by atoms with Gasteiger partial charge in [-0.3, -0.25) is 14.9 Å². The standard InChI is InChI=1S/C15H18F3N3O3/c16-15(17,18)13-7-12(5-6-14(13)21(23)24)20-11-3-1-10(2-4-11)8-19-9-22/h5-7,9-11,20H,1-4,8H2,(H,19,22). The molecule has 9 heteroatoms. The van der Waals surface area contributed by atoms with Crippen molar-refractivity contribution in [2.24, 2.45) is 5.92 Å². The van der Waals surface area contributed by atoms with Crippen molar-refractivity contribution < 1.29 is 22.9 Å². The van der Waals surface area contributed by atoms with E-state index in [9.17, 15) is 28.1 Å². The van der Waals surface area contributed by atoms with Gasteiger partial charge in [0, 0.05) is 24.3 Å². The van der Waals surface area contributed by atoms with Crippen molar-refractivity contribution in [1.29, 1.82) is 0 Å². The molecule has 6 nitrogen and oxygen atoms in total. The topological polar surface area (TPSA) is 84.3 Å². The van der Waals surface area contributed by atoms with Crippen LogP contribution in [0.5, 0.6) is 0 Å². The third-order valence-electron chi connectivity index (χ3n) is 4.21. The van der Waals surface area contributed by atoms with Crippen LogP contribution in [0.4, 0.5) is 24.5 Å². The first-order chi connectivity index (χ1) is 11.3. The lowest BCUT2D eigenvalue weighted by Gasteiger charge is -2.29. The van der Waals surface area contributed by atoms with E-state index >= 15 is 0 Å². The lowest BCUT2D eigenvalue weighted by atomic mass is 9.86. The number of amides is 1. The zero-order chi connectivity index (χ0) is 17.7. The van der Waals surface area contributed by atoms with Crippen LogP contribution in [-0.2, 0) is 11.0 Å². The summed E-state index contributed by atoms with van der Waals surface area (Å²) in [7, 11) is 0. The minimum Gasteiger partial charge on any atom is -0.382 e. The van der Waals surface area contributed by atoms with E-state index in [0.29, 0.717) is 18.9 Å². The van der Waals surface area contributed by atoms with Crippen molar-refractivity contribution in [3.8, 4) is 0 Å². The normalized spacial score (nSPS) is 21.1. The number of nitro groups is 1. The van der Waals surface area contributed by atoms with Crippen LogP contribution in [0.1, 0.15) is 31.2 Å². The fourth-order valence-corrected chi connectivity index (χ4v) is 2.97. The maximum Gasteiger partial charge on any atom is 0.423 e. The minimum absolute atomic E-state index is 0.0139. The number of hydrogen-bond donors (Lipinski definition) is 2. The average molecular weight is 345 g/mol. The van der Waals surface area contributed by atoms with Gasteiger partial charge in [-0.2, -0.15) is 13.2 Å². The van der Waals surface area contributed by atoms with Crippen LogP contribution in [0.25, 0.3) is 0 Å². The molecule has 2 N–H and O–H groups in total. The Labute approximate surface area is 136 Å². The number of nitrogens with zero attached hydrogens (tertiary/aromatic N) is 1. The third-order valence-corrected chi connectivity index (χ3v) is 4.21. The second-order valence-electron chi connectivity index (χ2n) is 5.87. The largest absolute Gasteiger partial charge is 0.423 e. The van der Waals surface area contributed by atoms with Crippen LogP contribution >= 0.6 is 0 Å². The summed E-state index contributed by atoms with van der Waals surface area (Å²) in [6.07, 6.45) is -0.875. The summed E-state index contributed by atoms with van der Waals surface area (Å²) >= 11 is 0. The van der Waals surface area contributed by atoms with Crippen LogP contribution in [0.3, 0.4) is 0 Å². The molecule has 0 atom stereocenters. The molecule has 132 valence electrons. The first-order valence-corrected chi connectivity index (χ1v) is 7.60. The van der Waals surface area contributed by atoms with Crippen molar-refractivity contribution in [3.63, 3.8) is 0 Å². The lowest BCUT2D eigenvalue weighted by molar-refractivity contribution is -0.388. The predicted molar refractivity (Wildman–Crippen MR) is 81.5 cm³/mol. The summed E-state index contributed by atoms with van der Waals surface area (Å²) in [4.78, 5) is 20.0. The van der Waals surface area contributed by atoms with Gasteiger partial charge in [0.25, 0.3) is 5.69 Å². The Morgan fingerprint density at radius 3 is 2.46 bits per heavy atom. The highest BCUT2D eigenvalue weighted by Crippen LogP contribution is 2.38. The number of hydrogen-bond acceptors (Lipinski definition) is 4. The van der Waals surface area contributed by atoms with Gasteiger partial charge in [0.15, 0.2) is 0 Å². The van der Waals surface area contributed by atoms with Gasteiger partial charge >= 0.3 is 6.18 Å². The van der Waals surface area contributed by atoms with Crippen molar-refractivity contribution >= 4 is 17.8 Å². The quantitative estimate of drug-likeness (QED) is 0.470. The molecule has 0 bridgehead atoms. The Balaban J connectivity index is 2.03. The summed E-state index contributed by atoms with van der Waals surface area (Å²) in [6, 6.07) is 2.98. The molecular formula is C15H18F3N3O3. The van der Waals surface area contributed by atoms with Gasteiger partial charge < -0.3 is 10.6 Å². The third kappa shape index (κ3) is 4.59. The van der Waals surface area contributed by atoms with Gasteiger partial charge in [-0.25, -0.2) is 0 Å². The monoisotopic (exact) mass is 345 g/mol. The lowest BCUT2D eigenvalue weighted by Crippen LogP contribution is -2.30. The fourth-order valence-electron chi connectivity index (χ4n) is 2.97. The molecule has 0 spiro atoms. The van der Waals surface area contributed by atoms with Gasteiger partial charge in [0.2, 0.25) is 6.41 Å². The highest BCUT2D eigenvalue weighted by Gasteiger charge is 2.38. The molecule has 0 unspecified atom stereocenters. The molecule has 0 radical (unpaired) electrons. The van der Waals surface area contributed by atoms with E-state index in [1.165, 1.54) is 6.07 Å². The van der Waals surface area contributed by atoms with E-state index in [2.05, 4.69) is 10.6 Å².